The van der Waals surface area contributed by atoms with Gasteiger partial charge in [0.25, 0.3) is 0 Å². The standard InChI is InChI=1S/C15H22N2O2/c1-11-3-5-14(6-4-11)17-8-7-12(2)16-13(10-17)9-15(18)19/h3-6,12-13,16H,7-10H2,1-2H3,(H,18,19). The molecule has 2 rings (SSSR count). The van der Waals surface area contributed by atoms with E-state index in [1.165, 1.54) is 11.3 Å². The van der Waals surface area contributed by atoms with E-state index in [1.807, 2.05) is 0 Å². The molecule has 1 aromatic rings. The zero-order chi connectivity index (χ0) is 13.8. The lowest BCUT2D eigenvalue weighted by atomic mass is 10.1. The minimum Gasteiger partial charge on any atom is -0.481 e. The summed E-state index contributed by atoms with van der Waals surface area (Å²) in [7, 11) is 0. The highest BCUT2D eigenvalue weighted by atomic mass is 16.4. The number of carboxylic acid groups (broad SMARTS) is 1. The van der Waals surface area contributed by atoms with E-state index < -0.39 is 5.97 Å². The van der Waals surface area contributed by atoms with Crippen molar-refractivity contribution in [1.29, 1.82) is 0 Å². The van der Waals surface area contributed by atoms with Gasteiger partial charge in [-0.2, -0.15) is 0 Å². The number of aliphatic carboxylic acids is 1. The van der Waals surface area contributed by atoms with E-state index in [0.29, 0.717) is 6.04 Å². The van der Waals surface area contributed by atoms with Crippen LogP contribution in [0.2, 0.25) is 0 Å². The van der Waals surface area contributed by atoms with Gasteiger partial charge >= 0.3 is 5.97 Å². The Morgan fingerprint density at radius 1 is 1.42 bits per heavy atom. The largest absolute Gasteiger partial charge is 0.481 e. The van der Waals surface area contributed by atoms with Crippen LogP contribution in [0.25, 0.3) is 0 Å². The topological polar surface area (TPSA) is 52.6 Å². The van der Waals surface area contributed by atoms with Gasteiger partial charge in [-0.05, 0) is 32.4 Å². The molecule has 0 spiro atoms. The van der Waals surface area contributed by atoms with Gasteiger partial charge in [-0.1, -0.05) is 17.7 Å². The summed E-state index contributed by atoms with van der Waals surface area (Å²) in [5, 5.41) is 12.4. The van der Waals surface area contributed by atoms with Crippen LogP contribution in [-0.2, 0) is 4.79 Å². The summed E-state index contributed by atoms with van der Waals surface area (Å²) in [4.78, 5) is 13.2. The van der Waals surface area contributed by atoms with Gasteiger partial charge in [-0.3, -0.25) is 4.79 Å². The Labute approximate surface area is 114 Å². The Balaban J connectivity index is 2.11. The van der Waals surface area contributed by atoms with Crippen molar-refractivity contribution < 1.29 is 9.90 Å². The molecular formula is C15H22N2O2. The molecule has 104 valence electrons. The zero-order valence-corrected chi connectivity index (χ0v) is 11.6. The van der Waals surface area contributed by atoms with Crippen LogP contribution in [0.3, 0.4) is 0 Å². The highest BCUT2D eigenvalue weighted by Gasteiger charge is 2.23. The summed E-state index contributed by atoms with van der Waals surface area (Å²) in [6.45, 7) is 5.91. The SMILES string of the molecule is Cc1ccc(N2CCC(C)NC(CC(=O)O)C2)cc1. The first-order chi connectivity index (χ1) is 9.04. The number of nitrogens with one attached hydrogen (secondary N) is 1. The molecule has 19 heavy (non-hydrogen) atoms. The van der Waals surface area contributed by atoms with Crippen LogP contribution in [-0.4, -0.2) is 36.2 Å². The molecule has 2 unspecified atom stereocenters. The molecule has 2 atom stereocenters. The molecule has 0 aliphatic carbocycles. The maximum atomic E-state index is 10.9. The summed E-state index contributed by atoms with van der Waals surface area (Å²) in [5.74, 6) is -0.740. The van der Waals surface area contributed by atoms with Gasteiger partial charge < -0.3 is 15.3 Å². The molecular weight excluding hydrogens is 240 g/mol. The number of rotatable bonds is 3. The van der Waals surface area contributed by atoms with Crippen molar-refractivity contribution in [3.8, 4) is 0 Å². The van der Waals surface area contributed by atoms with Gasteiger partial charge in [0, 0.05) is 30.9 Å². The monoisotopic (exact) mass is 262 g/mol. The fourth-order valence-electron chi connectivity index (χ4n) is 2.57. The van der Waals surface area contributed by atoms with Crippen LogP contribution in [0, 0.1) is 6.92 Å². The fraction of sp³-hybridized carbons (Fsp3) is 0.533. The van der Waals surface area contributed by atoms with Gasteiger partial charge in [0.1, 0.15) is 0 Å². The Bertz CT molecular complexity index is 430. The molecule has 1 fully saturated rings. The highest BCUT2D eigenvalue weighted by molar-refractivity contribution is 5.67. The molecule has 0 bridgehead atoms. The second-order valence-corrected chi connectivity index (χ2v) is 5.43. The van der Waals surface area contributed by atoms with Crippen LogP contribution in [0.4, 0.5) is 5.69 Å². The number of carboxylic acids is 1. The second kappa shape index (κ2) is 6.06. The van der Waals surface area contributed by atoms with E-state index in [9.17, 15) is 4.79 Å². The molecule has 4 heteroatoms. The third-order valence-corrected chi connectivity index (χ3v) is 3.61. The molecule has 0 radical (unpaired) electrons. The number of benzene rings is 1. The lowest BCUT2D eigenvalue weighted by Crippen LogP contribution is -2.41. The molecule has 1 aliphatic rings. The Hall–Kier alpha value is -1.55. The van der Waals surface area contributed by atoms with Gasteiger partial charge in [-0.15, -0.1) is 0 Å². The molecule has 0 amide bonds. The predicted molar refractivity (Wildman–Crippen MR) is 76.6 cm³/mol. The molecule has 2 N–H and O–H groups in total. The van der Waals surface area contributed by atoms with E-state index in [2.05, 4.69) is 48.3 Å². The normalized spacial score (nSPS) is 24.0. The molecule has 4 nitrogen and oxygen atoms in total. The maximum absolute atomic E-state index is 10.9. The summed E-state index contributed by atoms with van der Waals surface area (Å²) >= 11 is 0. The molecule has 1 heterocycles. The summed E-state index contributed by atoms with van der Waals surface area (Å²) in [6.07, 6.45) is 1.21. The molecule has 1 saturated heterocycles. The quantitative estimate of drug-likeness (QED) is 0.875. The number of carbonyl (C=O) groups is 1. The fourth-order valence-corrected chi connectivity index (χ4v) is 2.57. The first-order valence-corrected chi connectivity index (χ1v) is 6.84. The number of hydrogen-bond acceptors (Lipinski definition) is 3. The van der Waals surface area contributed by atoms with Crippen molar-refractivity contribution in [2.75, 3.05) is 18.0 Å². The van der Waals surface area contributed by atoms with E-state index in [0.717, 1.165) is 19.5 Å². The minimum absolute atomic E-state index is 0.0105. The molecule has 0 saturated carbocycles. The molecule has 1 aromatic carbocycles. The summed E-state index contributed by atoms with van der Waals surface area (Å²) in [5.41, 5.74) is 2.42. The van der Waals surface area contributed by atoms with E-state index in [4.69, 9.17) is 5.11 Å². The van der Waals surface area contributed by atoms with E-state index >= 15 is 0 Å². The van der Waals surface area contributed by atoms with Crippen molar-refractivity contribution in [1.82, 2.24) is 5.32 Å². The average molecular weight is 262 g/mol. The Morgan fingerprint density at radius 2 is 2.11 bits per heavy atom. The van der Waals surface area contributed by atoms with Crippen LogP contribution in [0.15, 0.2) is 24.3 Å². The Kier molecular flexibility index (Phi) is 4.43. The predicted octanol–water partition coefficient (Wildman–Crippen LogP) is 2.03. The van der Waals surface area contributed by atoms with Crippen molar-refractivity contribution in [2.24, 2.45) is 0 Å². The maximum Gasteiger partial charge on any atom is 0.304 e. The van der Waals surface area contributed by atoms with Crippen molar-refractivity contribution >= 4 is 11.7 Å². The summed E-state index contributed by atoms with van der Waals surface area (Å²) in [6, 6.07) is 8.80. The van der Waals surface area contributed by atoms with Crippen LogP contribution >= 0.6 is 0 Å². The molecule has 0 aromatic heterocycles. The minimum atomic E-state index is -0.740. The van der Waals surface area contributed by atoms with Crippen molar-refractivity contribution in [3.05, 3.63) is 29.8 Å². The Morgan fingerprint density at radius 3 is 2.74 bits per heavy atom. The van der Waals surface area contributed by atoms with E-state index in [-0.39, 0.29) is 12.5 Å². The number of nitrogens with zero attached hydrogens (tertiary/aromatic N) is 1. The zero-order valence-electron chi connectivity index (χ0n) is 11.6. The average Bonchev–Trinajstić information content (AvgIpc) is 2.51. The smallest absolute Gasteiger partial charge is 0.304 e. The van der Waals surface area contributed by atoms with Crippen molar-refractivity contribution in [2.45, 2.75) is 38.8 Å². The third kappa shape index (κ3) is 3.96. The molecule has 1 aliphatic heterocycles. The first kappa shape index (κ1) is 13.9. The number of aryl methyl sites for hydroxylation is 1. The van der Waals surface area contributed by atoms with Gasteiger partial charge in [0.15, 0.2) is 0 Å². The summed E-state index contributed by atoms with van der Waals surface area (Å²) < 4.78 is 0. The number of anilines is 1. The lowest BCUT2D eigenvalue weighted by Gasteiger charge is -2.26. The third-order valence-electron chi connectivity index (χ3n) is 3.61. The van der Waals surface area contributed by atoms with Crippen LogP contribution in [0.5, 0.6) is 0 Å². The van der Waals surface area contributed by atoms with Gasteiger partial charge in [0.05, 0.1) is 6.42 Å². The van der Waals surface area contributed by atoms with Crippen LogP contribution < -0.4 is 10.2 Å². The van der Waals surface area contributed by atoms with Gasteiger partial charge in [-0.25, -0.2) is 0 Å². The van der Waals surface area contributed by atoms with E-state index in [1.54, 1.807) is 0 Å². The van der Waals surface area contributed by atoms with Crippen molar-refractivity contribution in [3.63, 3.8) is 0 Å². The first-order valence-electron chi connectivity index (χ1n) is 6.84. The lowest BCUT2D eigenvalue weighted by molar-refractivity contribution is -0.137. The number of hydrogen-bond donors (Lipinski definition) is 2. The second-order valence-electron chi connectivity index (χ2n) is 5.43. The van der Waals surface area contributed by atoms with Crippen LogP contribution in [0.1, 0.15) is 25.3 Å². The van der Waals surface area contributed by atoms with Gasteiger partial charge in [0.2, 0.25) is 0 Å². The highest BCUT2D eigenvalue weighted by Crippen LogP contribution is 2.19.